The maximum absolute atomic E-state index is 13.0. The van der Waals surface area contributed by atoms with E-state index in [1.165, 1.54) is 34.2 Å². The molecule has 0 saturated heterocycles. The summed E-state index contributed by atoms with van der Waals surface area (Å²) in [4.78, 5) is 16.5. The zero-order valence-corrected chi connectivity index (χ0v) is 14.5. The van der Waals surface area contributed by atoms with Gasteiger partial charge in [-0.3, -0.25) is 4.79 Å². The number of hydrogen-bond acceptors (Lipinski definition) is 4. The number of nitrogens with zero attached hydrogens (tertiary/aromatic N) is 5. The smallest absolute Gasteiger partial charge is 0.276 e. The van der Waals surface area contributed by atoms with E-state index >= 15 is 0 Å². The van der Waals surface area contributed by atoms with Gasteiger partial charge < -0.3 is 5.32 Å². The topological polar surface area (TPSA) is 77.6 Å². The molecule has 27 heavy (non-hydrogen) atoms. The van der Waals surface area contributed by atoms with Gasteiger partial charge in [0.2, 0.25) is 0 Å². The highest BCUT2D eigenvalue weighted by atomic mass is 35.5. The van der Waals surface area contributed by atoms with Gasteiger partial charge >= 0.3 is 0 Å². The molecule has 0 aliphatic carbocycles. The molecule has 0 aliphatic heterocycles. The lowest BCUT2D eigenvalue weighted by Gasteiger charge is -2.10. The molecule has 4 rings (SSSR count). The van der Waals surface area contributed by atoms with Crippen LogP contribution < -0.4 is 5.32 Å². The van der Waals surface area contributed by atoms with Gasteiger partial charge in [-0.1, -0.05) is 11.6 Å². The monoisotopic (exact) mass is 382 g/mol. The zero-order valence-electron chi connectivity index (χ0n) is 13.8. The van der Waals surface area contributed by atoms with Crippen molar-refractivity contribution in [3.8, 4) is 11.4 Å². The van der Waals surface area contributed by atoms with Crippen LogP contribution in [0, 0.1) is 5.82 Å². The molecule has 0 saturated carbocycles. The van der Waals surface area contributed by atoms with Crippen LogP contribution in [0.15, 0.2) is 67.4 Å². The third kappa shape index (κ3) is 3.56. The van der Waals surface area contributed by atoms with E-state index in [4.69, 9.17) is 11.6 Å². The minimum Gasteiger partial charge on any atom is -0.319 e. The number of carbonyl (C=O) groups excluding carboxylic acids is 1. The quantitative estimate of drug-likeness (QED) is 0.586. The molecule has 134 valence electrons. The maximum atomic E-state index is 13.0. The van der Waals surface area contributed by atoms with Crippen molar-refractivity contribution >= 4 is 23.2 Å². The van der Waals surface area contributed by atoms with Crippen LogP contribution in [-0.2, 0) is 0 Å². The Morgan fingerprint density at radius 3 is 2.63 bits per heavy atom. The van der Waals surface area contributed by atoms with Gasteiger partial charge in [0.15, 0.2) is 5.69 Å². The minimum atomic E-state index is -0.417. The van der Waals surface area contributed by atoms with E-state index in [9.17, 15) is 9.18 Å². The van der Waals surface area contributed by atoms with Gasteiger partial charge in [-0.25, -0.2) is 18.7 Å². The fraction of sp³-hybridized carbons (Fsp3) is 0. The summed E-state index contributed by atoms with van der Waals surface area (Å²) >= 11 is 6.06. The minimum absolute atomic E-state index is 0.198. The lowest BCUT2D eigenvalue weighted by Crippen LogP contribution is -2.15. The van der Waals surface area contributed by atoms with Crippen LogP contribution in [0.4, 0.5) is 10.1 Å². The summed E-state index contributed by atoms with van der Waals surface area (Å²) in [5, 5.41) is 11.5. The Kier molecular flexibility index (Phi) is 4.39. The van der Waals surface area contributed by atoms with E-state index in [0.29, 0.717) is 22.1 Å². The van der Waals surface area contributed by atoms with Crippen LogP contribution in [0.3, 0.4) is 0 Å². The Hall–Kier alpha value is -3.52. The fourth-order valence-corrected chi connectivity index (χ4v) is 2.68. The molecule has 1 N–H and O–H groups in total. The number of amides is 1. The van der Waals surface area contributed by atoms with Crippen LogP contribution in [-0.4, -0.2) is 30.5 Å². The Labute approximate surface area is 158 Å². The Bertz CT molecular complexity index is 1090. The molecule has 2 aromatic heterocycles. The van der Waals surface area contributed by atoms with Crippen molar-refractivity contribution in [3.63, 3.8) is 0 Å². The highest BCUT2D eigenvalue weighted by molar-refractivity contribution is 6.31. The van der Waals surface area contributed by atoms with Crippen molar-refractivity contribution in [2.45, 2.75) is 0 Å². The van der Waals surface area contributed by atoms with Crippen LogP contribution in [0.5, 0.6) is 0 Å². The summed E-state index contributed by atoms with van der Waals surface area (Å²) in [5.74, 6) is -0.759. The van der Waals surface area contributed by atoms with Crippen LogP contribution >= 0.6 is 11.6 Å². The van der Waals surface area contributed by atoms with E-state index in [1.807, 2.05) is 0 Å². The van der Waals surface area contributed by atoms with Crippen molar-refractivity contribution in [2.75, 3.05) is 5.32 Å². The Morgan fingerprint density at radius 1 is 1.07 bits per heavy atom. The van der Waals surface area contributed by atoms with Crippen molar-refractivity contribution in [3.05, 3.63) is 83.9 Å². The van der Waals surface area contributed by atoms with Gasteiger partial charge in [0.05, 0.1) is 17.1 Å². The number of benzene rings is 2. The average Bonchev–Trinajstić information content (AvgIpc) is 3.35. The molecule has 7 nitrogen and oxygen atoms in total. The third-order valence-electron chi connectivity index (χ3n) is 3.79. The molecule has 0 atom stereocenters. The number of aromatic nitrogens is 5. The summed E-state index contributed by atoms with van der Waals surface area (Å²) in [7, 11) is 0. The highest BCUT2D eigenvalue weighted by Crippen LogP contribution is 2.24. The molecule has 9 heteroatoms. The first-order chi connectivity index (χ1) is 13.1. The SMILES string of the molecule is O=C(Nc1cc(Cl)ccc1-n1cncn1)c1ccn(-c2ccc(F)cc2)n1. The van der Waals surface area contributed by atoms with Gasteiger partial charge in [-0.05, 0) is 48.5 Å². The van der Waals surface area contributed by atoms with E-state index < -0.39 is 5.91 Å². The van der Waals surface area contributed by atoms with Gasteiger partial charge in [0, 0.05) is 11.2 Å². The second-order valence-corrected chi connectivity index (χ2v) is 6.01. The predicted octanol–water partition coefficient (Wildman–Crippen LogP) is 3.50. The lowest BCUT2D eigenvalue weighted by atomic mass is 10.2. The van der Waals surface area contributed by atoms with Crippen molar-refractivity contribution < 1.29 is 9.18 Å². The van der Waals surface area contributed by atoms with Gasteiger partial charge in [0.1, 0.15) is 18.5 Å². The third-order valence-corrected chi connectivity index (χ3v) is 4.02. The van der Waals surface area contributed by atoms with E-state index in [-0.39, 0.29) is 11.5 Å². The molecule has 0 fully saturated rings. The molecular formula is C18H12ClFN6O. The summed E-state index contributed by atoms with van der Waals surface area (Å²) in [6.45, 7) is 0. The zero-order chi connectivity index (χ0) is 18.8. The molecule has 0 bridgehead atoms. The molecule has 1 amide bonds. The lowest BCUT2D eigenvalue weighted by molar-refractivity contribution is 0.102. The molecule has 2 heterocycles. The summed E-state index contributed by atoms with van der Waals surface area (Å²) in [6, 6.07) is 12.4. The summed E-state index contributed by atoms with van der Waals surface area (Å²) in [5.41, 5.74) is 1.92. The van der Waals surface area contributed by atoms with Crippen LogP contribution in [0.25, 0.3) is 11.4 Å². The van der Waals surface area contributed by atoms with Gasteiger partial charge in [-0.2, -0.15) is 10.2 Å². The van der Waals surface area contributed by atoms with Crippen molar-refractivity contribution in [2.24, 2.45) is 0 Å². The molecule has 0 unspecified atom stereocenters. The largest absolute Gasteiger partial charge is 0.319 e. The maximum Gasteiger partial charge on any atom is 0.276 e. The Morgan fingerprint density at radius 2 is 1.89 bits per heavy atom. The standard InChI is InChI=1S/C18H12ClFN6O/c19-12-1-6-17(26-11-21-10-22-26)16(9-12)23-18(27)15-7-8-25(24-15)14-4-2-13(20)3-5-14/h1-11H,(H,23,27). The molecular weight excluding hydrogens is 371 g/mol. The average molecular weight is 383 g/mol. The normalized spacial score (nSPS) is 10.7. The van der Waals surface area contributed by atoms with E-state index in [0.717, 1.165) is 0 Å². The van der Waals surface area contributed by atoms with E-state index in [2.05, 4.69) is 20.5 Å². The molecule has 4 aromatic rings. The number of rotatable bonds is 4. The first-order valence-corrected chi connectivity index (χ1v) is 8.25. The van der Waals surface area contributed by atoms with Gasteiger partial charge in [0.25, 0.3) is 5.91 Å². The number of carbonyl (C=O) groups is 1. The first kappa shape index (κ1) is 16.9. The highest BCUT2D eigenvalue weighted by Gasteiger charge is 2.14. The fourth-order valence-electron chi connectivity index (χ4n) is 2.51. The molecule has 0 aliphatic rings. The summed E-state index contributed by atoms with van der Waals surface area (Å²) in [6.07, 6.45) is 4.53. The predicted molar refractivity (Wildman–Crippen MR) is 97.8 cm³/mol. The number of anilines is 1. The second kappa shape index (κ2) is 7.00. The Balaban J connectivity index is 1.60. The number of halogens is 2. The number of hydrogen-bond donors (Lipinski definition) is 1. The van der Waals surface area contributed by atoms with E-state index in [1.54, 1.807) is 42.6 Å². The molecule has 2 aromatic carbocycles. The van der Waals surface area contributed by atoms with Crippen LogP contribution in [0.1, 0.15) is 10.5 Å². The molecule has 0 spiro atoms. The van der Waals surface area contributed by atoms with Crippen molar-refractivity contribution in [1.82, 2.24) is 24.5 Å². The molecule has 0 radical (unpaired) electrons. The van der Waals surface area contributed by atoms with Gasteiger partial charge in [-0.15, -0.1) is 0 Å². The second-order valence-electron chi connectivity index (χ2n) is 5.58. The summed E-state index contributed by atoms with van der Waals surface area (Å²) < 4.78 is 16.1. The van der Waals surface area contributed by atoms with Crippen molar-refractivity contribution in [1.29, 1.82) is 0 Å². The van der Waals surface area contributed by atoms with Crippen LogP contribution in [0.2, 0.25) is 5.02 Å². The first-order valence-electron chi connectivity index (χ1n) is 7.88. The number of nitrogens with one attached hydrogen (secondary N) is 1.